The lowest BCUT2D eigenvalue weighted by atomic mass is 10.0. The minimum absolute atomic E-state index is 0.0491. The molecule has 5 nitrogen and oxygen atoms in total. The van der Waals surface area contributed by atoms with E-state index >= 15 is 0 Å². The second-order valence-electron chi connectivity index (χ2n) is 6.60. The van der Waals surface area contributed by atoms with Crippen molar-refractivity contribution in [3.05, 3.63) is 58.5 Å². The summed E-state index contributed by atoms with van der Waals surface area (Å²) in [6.07, 6.45) is 3.20. The molecule has 2 saturated heterocycles. The molecule has 2 amide bonds. The fourth-order valence-electron chi connectivity index (χ4n) is 3.65. The molecule has 0 radical (unpaired) electrons. The highest BCUT2D eigenvalue weighted by Gasteiger charge is 2.48. The molecule has 0 atom stereocenters. The summed E-state index contributed by atoms with van der Waals surface area (Å²) in [4.78, 5) is 28.8. The van der Waals surface area contributed by atoms with Crippen molar-refractivity contribution in [3.63, 3.8) is 0 Å². The van der Waals surface area contributed by atoms with Crippen LogP contribution in [-0.2, 0) is 11.3 Å². The second kappa shape index (κ2) is 7.12. The molecule has 1 aromatic heterocycles. The summed E-state index contributed by atoms with van der Waals surface area (Å²) in [6, 6.07) is 11.2. The van der Waals surface area contributed by atoms with Gasteiger partial charge in [-0.05, 0) is 43.2 Å². The summed E-state index contributed by atoms with van der Waals surface area (Å²) in [5.41, 5.74) is 0.693. The summed E-state index contributed by atoms with van der Waals surface area (Å²) < 4.78 is 6.34. The number of nitrogens with zero attached hydrogens (tertiary/aromatic N) is 2. The number of amides is 2. The Bertz CT molecular complexity index is 816. The molecule has 4 rings (SSSR count). The van der Waals surface area contributed by atoms with Crippen LogP contribution in [0.5, 0.6) is 0 Å². The van der Waals surface area contributed by atoms with Crippen LogP contribution in [0.25, 0.3) is 0 Å². The van der Waals surface area contributed by atoms with Crippen LogP contribution in [0, 0.1) is 0 Å². The number of furan rings is 1. The Kier molecular flexibility index (Phi) is 4.84. The number of rotatable bonds is 3. The van der Waals surface area contributed by atoms with E-state index in [1.54, 1.807) is 18.0 Å². The summed E-state index contributed by atoms with van der Waals surface area (Å²) in [5.74, 6) is 1.50. The molecule has 3 heterocycles. The Labute approximate surface area is 164 Å². The van der Waals surface area contributed by atoms with Crippen molar-refractivity contribution < 1.29 is 14.0 Å². The molecule has 0 saturated carbocycles. The summed E-state index contributed by atoms with van der Waals surface area (Å²) >= 11 is 5.12. The van der Waals surface area contributed by atoms with Gasteiger partial charge >= 0.3 is 0 Å². The van der Waals surface area contributed by atoms with Crippen molar-refractivity contribution >= 4 is 39.5 Å². The Hall–Kier alpha value is -1.73. The molecule has 0 unspecified atom stereocenters. The molecule has 2 fully saturated rings. The molecule has 0 N–H and O–H groups in total. The van der Waals surface area contributed by atoms with E-state index in [-0.39, 0.29) is 16.7 Å². The number of halogens is 1. The van der Waals surface area contributed by atoms with Crippen molar-refractivity contribution in [2.45, 2.75) is 24.3 Å². The fourth-order valence-corrected chi connectivity index (χ4v) is 5.39. The first-order valence-electron chi connectivity index (χ1n) is 8.59. The largest absolute Gasteiger partial charge is 0.467 e. The quantitative estimate of drug-likeness (QED) is 0.737. The third kappa shape index (κ3) is 3.30. The number of carbonyl (C=O) groups excluding carboxylic acids is 2. The normalized spacial score (nSPS) is 19.3. The highest BCUT2D eigenvalue weighted by atomic mass is 79.9. The van der Waals surface area contributed by atoms with Gasteiger partial charge in [0.15, 0.2) is 0 Å². The van der Waals surface area contributed by atoms with Gasteiger partial charge in [-0.3, -0.25) is 9.59 Å². The maximum atomic E-state index is 12.8. The Morgan fingerprint density at radius 2 is 2.04 bits per heavy atom. The molecular formula is C19H19BrN2O3S. The van der Waals surface area contributed by atoms with E-state index in [0.717, 1.165) is 23.1 Å². The van der Waals surface area contributed by atoms with Gasteiger partial charge in [0.1, 0.15) is 5.76 Å². The number of hydrogen-bond acceptors (Lipinski definition) is 4. The first-order valence-corrected chi connectivity index (χ1v) is 10.4. The predicted octanol–water partition coefficient (Wildman–Crippen LogP) is 3.75. The van der Waals surface area contributed by atoms with Gasteiger partial charge in [-0.15, -0.1) is 11.8 Å². The lowest BCUT2D eigenvalue weighted by Gasteiger charge is -2.43. The Morgan fingerprint density at radius 1 is 1.23 bits per heavy atom. The molecule has 1 spiro atoms. The number of benzene rings is 1. The molecule has 7 heteroatoms. The van der Waals surface area contributed by atoms with Gasteiger partial charge in [0.25, 0.3) is 5.91 Å². The van der Waals surface area contributed by atoms with E-state index in [1.807, 2.05) is 46.2 Å². The zero-order chi connectivity index (χ0) is 18.1. The highest BCUT2D eigenvalue weighted by molar-refractivity contribution is 9.10. The van der Waals surface area contributed by atoms with E-state index in [0.29, 0.717) is 31.0 Å². The number of likely N-dealkylation sites (tertiary alicyclic amines) is 1. The summed E-state index contributed by atoms with van der Waals surface area (Å²) in [7, 11) is 0. The maximum absolute atomic E-state index is 12.8. The number of piperidine rings is 1. The number of hydrogen-bond donors (Lipinski definition) is 0. The molecule has 136 valence electrons. The molecule has 26 heavy (non-hydrogen) atoms. The molecule has 0 aliphatic carbocycles. The van der Waals surface area contributed by atoms with E-state index in [1.165, 1.54) is 0 Å². The highest BCUT2D eigenvalue weighted by Crippen LogP contribution is 2.45. The second-order valence-corrected chi connectivity index (χ2v) is 8.85. The lowest BCUT2D eigenvalue weighted by Crippen LogP contribution is -2.52. The minimum atomic E-state index is -0.224. The van der Waals surface area contributed by atoms with E-state index < -0.39 is 0 Å². The van der Waals surface area contributed by atoms with Gasteiger partial charge < -0.3 is 14.2 Å². The van der Waals surface area contributed by atoms with E-state index in [2.05, 4.69) is 15.9 Å². The average molecular weight is 435 g/mol. The Balaban J connectivity index is 1.46. The van der Waals surface area contributed by atoms with Crippen molar-refractivity contribution in [2.75, 3.05) is 18.8 Å². The molecule has 1 aromatic carbocycles. The van der Waals surface area contributed by atoms with Gasteiger partial charge in [-0.1, -0.05) is 22.0 Å². The van der Waals surface area contributed by atoms with Crippen LogP contribution in [0.3, 0.4) is 0 Å². The maximum Gasteiger partial charge on any atom is 0.253 e. The zero-order valence-corrected chi connectivity index (χ0v) is 16.6. The van der Waals surface area contributed by atoms with Gasteiger partial charge in [0.05, 0.1) is 23.4 Å². The molecule has 2 aliphatic heterocycles. The third-order valence-corrected chi connectivity index (χ3v) is 7.11. The van der Waals surface area contributed by atoms with Crippen LogP contribution >= 0.6 is 27.7 Å². The van der Waals surface area contributed by atoms with Crippen LogP contribution in [-0.4, -0.2) is 45.3 Å². The number of carbonyl (C=O) groups is 2. The van der Waals surface area contributed by atoms with Crippen molar-refractivity contribution in [1.82, 2.24) is 9.80 Å². The van der Waals surface area contributed by atoms with Crippen LogP contribution in [0.2, 0.25) is 0 Å². The van der Waals surface area contributed by atoms with Gasteiger partial charge in [-0.2, -0.15) is 0 Å². The molecule has 2 aliphatic rings. The SMILES string of the molecule is O=C(c1cccc(Br)c1)N1CCC2(CC1)SCC(=O)N2Cc1ccco1. The minimum Gasteiger partial charge on any atom is -0.467 e. The first kappa shape index (κ1) is 17.7. The standard InChI is InChI=1S/C19H19BrN2O3S/c20-15-4-1-3-14(11-15)18(24)21-8-6-19(7-9-21)22(17(23)13-26-19)12-16-5-2-10-25-16/h1-5,10-11H,6-9,12-13H2. The predicted molar refractivity (Wildman–Crippen MR) is 104 cm³/mol. The summed E-state index contributed by atoms with van der Waals surface area (Å²) in [6.45, 7) is 1.80. The van der Waals surface area contributed by atoms with Crippen LogP contribution in [0.15, 0.2) is 51.6 Å². The van der Waals surface area contributed by atoms with E-state index in [9.17, 15) is 9.59 Å². The first-order chi connectivity index (χ1) is 12.6. The average Bonchev–Trinajstić information content (AvgIpc) is 3.26. The topological polar surface area (TPSA) is 53.8 Å². The Morgan fingerprint density at radius 3 is 2.73 bits per heavy atom. The lowest BCUT2D eigenvalue weighted by molar-refractivity contribution is -0.132. The van der Waals surface area contributed by atoms with Gasteiger partial charge in [-0.25, -0.2) is 0 Å². The number of thioether (sulfide) groups is 1. The molecular weight excluding hydrogens is 416 g/mol. The van der Waals surface area contributed by atoms with Crippen molar-refractivity contribution in [3.8, 4) is 0 Å². The smallest absolute Gasteiger partial charge is 0.253 e. The molecule has 2 aromatic rings. The third-order valence-electron chi connectivity index (χ3n) is 5.05. The van der Waals surface area contributed by atoms with Gasteiger partial charge in [0.2, 0.25) is 5.91 Å². The van der Waals surface area contributed by atoms with Crippen LogP contribution in [0.4, 0.5) is 0 Å². The fraction of sp³-hybridized carbons (Fsp3) is 0.368. The van der Waals surface area contributed by atoms with E-state index in [4.69, 9.17) is 4.42 Å². The van der Waals surface area contributed by atoms with Crippen LogP contribution in [0.1, 0.15) is 29.0 Å². The van der Waals surface area contributed by atoms with Gasteiger partial charge in [0, 0.05) is 23.1 Å². The summed E-state index contributed by atoms with van der Waals surface area (Å²) in [5, 5.41) is 0. The monoisotopic (exact) mass is 434 g/mol. The van der Waals surface area contributed by atoms with Crippen molar-refractivity contribution in [2.24, 2.45) is 0 Å². The molecule has 0 bridgehead atoms. The van der Waals surface area contributed by atoms with Crippen molar-refractivity contribution in [1.29, 1.82) is 0 Å². The zero-order valence-electron chi connectivity index (χ0n) is 14.2. The van der Waals surface area contributed by atoms with Crippen LogP contribution < -0.4 is 0 Å².